The Bertz CT molecular complexity index is 1710. The number of benzene rings is 1. The van der Waals surface area contributed by atoms with Crippen molar-refractivity contribution < 1.29 is 9.90 Å². The van der Waals surface area contributed by atoms with E-state index in [4.69, 9.17) is 11.6 Å². The molecule has 11 heteroatoms. The maximum Gasteiger partial charge on any atom is 0.327 e. The third-order valence-corrected chi connectivity index (χ3v) is 7.55. The van der Waals surface area contributed by atoms with Crippen molar-refractivity contribution in [3.8, 4) is 11.1 Å². The number of imidazole rings is 1. The second-order valence-corrected chi connectivity index (χ2v) is 9.97. The Labute approximate surface area is 222 Å². The van der Waals surface area contributed by atoms with Crippen LogP contribution in [0.25, 0.3) is 33.3 Å². The molecule has 1 atom stereocenters. The van der Waals surface area contributed by atoms with Gasteiger partial charge in [0, 0.05) is 47.7 Å². The lowest BCUT2D eigenvalue weighted by molar-refractivity contribution is -0.133. The molecule has 4 aromatic heterocycles. The minimum atomic E-state index is -0.824. The molecule has 1 aliphatic heterocycles. The summed E-state index contributed by atoms with van der Waals surface area (Å²) in [6, 6.07) is 11.1. The van der Waals surface area contributed by atoms with E-state index in [0.29, 0.717) is 53.3 Å². The molecule has 1 fully saturated rings. The van der Waals surface area contributed by atoms with Gasteiger partial charge < -0.3 is 14.6 Å². The third kappa shape index (κ3) is 4.15. The van der Waals surface area contributed by atoms with Crippen molar-refractivity contribution in [3.63, 3.8) is 0 Å². The van der Waals surface area contributed by atoms with Crippen molar-refractivity contribution in [2.45, 2.75) is 38.5 Å². The van der Waals surface area contributed by atoms with Crippen LogP contribution in [0.4, 0.5) is 0 Å². The summed E-state index contributed by atoms with van der Waals surface area (Å²) in [5, 5.41) is 11.6. The molecule has 1 unspecified atom stereocenters. The Hall–Kier alpha value is -4.02. The van der Waals surface area contributed by atoms with Crippen LogP contribution in [0.1, 0.15) is 37.6 Å². The fraction of sp³-hybridized carbons (Fsp3) is 0.296. The number of hydrogen-bond acceptors (Lipinski definition) is 6. The highest BCUT2D eigenvalue weighted by atomic mass is 35.5. The lowest BCUT2D eigenvalue weighted by Crippen LogP contribution is -2.41. The highest BCUT2D eigenvalue weighted by Gasteiger charge is 2.27. The van der Waals surface area contributed by atoms with Crippen molar-refractivity contribution in [2.75, 3.05) is 13.1 Å². The van der Waals surface area contributed by atoms with Crippen molar-refractivity contribution in [1.29, 1.82) is 0 Å². The Balaban J connectivity index is 1.27. The standard InChI is InChI=1S/C27H26ClN7O3/c1-16(36)24-23-19(18-5-2-3-6-20(18)28)13-34(26(23)31-15-30-24)14-22(37)33-11-8-17(9-12-33)35-21-7-4-10-29-25(21)32-27(35)38/h2-7,10,13,15-17,36H,8-9,11-12,14H2,1H3,(H,29,32,38). The van der Waals surface area contributed by atoms with Gasteiger partial charge in [-0.1, -0.05) is 29.8 Å². The molecule has 5 aromatic rings. The number of aromatic amines is 1. The monoisotopic (exact) mass is 531 g/mol. The molecule has 1 aliphatic rings. The van der Waals surface area contributed by atoms with Crippen LogP contribution in [0, 0.1) is 0 Å². The summed E-state index contributed by atoms with van der Waals surface area (Å²) >= 11 is 6.51. The maximum atomic E-state index is 13.4. The molecule has 0 aliphatic carbocycles. The molecule has 0 spiro atoms. The van der Waals surface area contributed by atoms with Crippen molar-refractivity contribution in [1.82, 2.24) is 34.0 Å². The Morgan fingerprint density at radius 3 is 2.68 bits per heavy atom. The van der Waals surface area contributed by atoms with Crippen LogP contribution < -0.4 is 5.69 Å². The first kappa shape index (κ1) is 24.3. The molecule has 194 valence electrons. The van der Waals surface area contributed by atoms with E-state index >= 15 is 0 Å². The number of amides is 1. The van der Waals surface area contributed by atoms with Crippen LogP contribution in [0.2, 0.25) is 5.02 Å². The van der Waals surface area contributed by atoms with E-state index in [1.165, 1.54) is 6.33 Å². The SMILES string of the molecule is CC(O)c1ncnc2c1c(-c1ccccc1Cl)cn2CC(=O)N1CCC(n2c(=O)[nH]c3ncccc32)CC1. The van der Waals surface area contributed by atoms with Gasteiger partial charge in [0.25, 0.3) is 0 Å². The molecular weight excluding hydrogens is 506 g/mol. The highest BCUT2D eigenvalue weighted by Crippen LogP contribution is 2.37. The van der Waals surface area contributed by atoms with Gasteiger partial charge >= 0.3 is 5.69 Å². The number of carbonyl (C=O) groups is 1. The number of carbonyl (C=O) groups excluding carboxylic acids is 1. The number of pyridine rings is 1. The normalized spacial score (nSPS) is 15.4. The summed E-state index contributed by atoms with van der Waals surface area (Å²) in [5.41, 5.74) is 3.76. The molecule has 1 saturated heterocycles. The van der Waals surface area contributed by atoms with E-state index in [1.54, 1.807) is 28.3 Å². The van der Waals surface area contributed by atoms with E-state index in [1.807, 2.05) is 41.4 Å². The number of likely N-dealkylation sites (tertiary alicyclic amines) is 1. The highest BCUT2D eigenvalue weighted by molar-refractivity contribution is 6.33. The van der Waals surface area contributed by atoms with Gasteiger partial charge in [0.05, 0.1) is 22.7 Å². The average Bonchev–Trinajstić information content (AvgIpc) is 3.45. The maximum absolute atomic E-state index is 13.4. The van der Waals surface area contributed by atoms with E-state index in [9.17, 15) is 14.7 Å². The number of rotatable bonds is 5. The molecule has 1 amide bonds. The molecule has 0 saturated carbocycles. The van der Waals surface area contributed by atoms with E-state index < -0.39 is 6.10 Å². The van der Waals surface area contributed by atoms with Crippen LogP contribution in [0.5, 0.6) is 0 Å². The van der Waals surface area contributed by atoms with Gasteiger partial charge in [-0.3, -0.25) is 14.3 Å². The van der Waals surface area contributed by atoms with Crippen molar-refractivity contribution in [3.05, 3.63) is 76.3 Å². The van der Waals surface area contributed by atoms with E-state index in [2.05, 4.69) is 19.9 Å². The molecule has 2 N–H and O–H groups in total. The minimum Gasteiger partial charge on any atom is -0.387 e. The first-order chi connectivity index (χ1) is 18.4. The van der Waals surface area contributed by atoms with Crippen LogP contribution in [-0.2, 0) is 11.3 Å². The molecule has 10 nitrogen and oxygen atoms in total. The quantitative estimate of drug-likeness (QED) is 0.356. The second kappa shape index (κ2) is 9.70. The van der Waals surface area contributed by atoms with E-state index in [0.717, 1.165) is 16.6 Å². The van der Waals surface area contributed by atoms with Crippen molar-refractivity contribution >= 4 is 39.7 Å². The summed E-state index contributed by atoms with van der Waals surface area (Å²) in [5.74, 6) is -0.0452. The Kier molecular flexibility index (Phi) is 6.21. The van der Waals surface area contributed by atoms with Crippen LogP contribution in [-0.4, -0.2) is 58.1 Å². The Morgan fingerprint density at radius 1 is 1.13 bits per heavy atom. The summed E-state index contributed by atoms with van der Waals surface area (Å²) in [7, 11) is 0. The van der Waals surface area contributed by atoms with Gasteiger partial charge in [-0.05, 0) is 38.0 Å². The van der Waals surface area contributed by atoms with Gasteiger partial charge in [0.1, 0.15) is 18.5 Å². The summed E-state index contributed by atoms with van der Waals surface area (Å²) in [6.45, 7) is 2.80. The van der Waals surface area contributed by atoms with Gasteiger partial charge in [0.2, 0.25) is 5.91 Å². The number of fused-ring (bicyclic) bond motifs is 2. The number of nitrogens with one attached hydrogen (secondary N) is 1. The number of aliphatic hydroxyl groups is 1. The smallest absolute Gasteiger partial charge is 0.327 e. The molecule has 0 bridgehead atoms. The number of H-pyrrole nitrogens is 1. The topological polar surface area (TPSA) is 122 Å². The zero-order valence-electron chi connectivity index (χ0n) is 20.7. The van der Waals surface area contributed by atoms with Gasteiger partial charge in [-0.25, -0.2) is 19.7 Å². The number of aliphatic hydroxyl groups excluding tert-OH is 1. The number of halogens is 1. The molecule has 0 radical (unpaired) electrons. The van der Waals surface area contributed by atoms with Crippen LogP contribution in [0.3, 0.4) is 0 Å². The van der Waals surface area contributed by atoms with E-state index in [-0.39, 0.29) is 24.2 Å². The largest absolute Gasteiger partial charge is 0.387 e. The zero-order chi connectivity index (χ0) is 26.4. The molecule has 6 rings (SSSR count). The number of aromatic nitrogens is 6. The van der Waals surface area contributed by atoms with Gasteiger partial charge in [-0.2, -0.15) is 0 Å². The summed E-state index contributed by atoms with van der Waals surface area (Å²) in [4.78, 5) is 43.7. The minimum absolute atomic E-state index is 0.00919. The predicted molar refractivity (Wildman–Crippen MR) is 144 cm³/mol. The van der Waals surface area contributed by atoms with Crippen molar-refractivity contribution in [2.24, 2.45) is 0 Å². The predicted octanol–water partition coefficient (Wildman–Crippen LogP) is 3.71. The van der Waals surface area contributed by atoms with Crippen LogP contribution in [0.15, 0.2) is 59.9 Å². The average molecular weight is 532 g/mol. The number of hydrogen-bond donors (Lipinski definition) is 2. The fourth-order valence-electron chi connectivity index (χ4n) is 5.41. The lowest BCUT2D eigenvalue weighted by Gasteiger charge is -2.32. The number of nitrogens with zero attached hydrogens (tertiary/aromatic N) is 6. The lowest BCUT2D eigenvalue weighted by atomic mass is 10.0. The summed E-state index contributed by atoms with van der Waals surface area (Å²) < 4.78 is 3.56. The van der Waals surface area contributed by atoms with Gasteiger partial charge in [0.15, 0.2) is 5.65 Å². The number of piperidine rings is 1. The molecular formula is C27H26ClN7O3. The first-order valence-corrected chi connectivity index (χ1v) is 12.9. The fourth-order valence-corrected chi connectivity index (χ4v) is 5.65. The third-order valence-electron chi connectivity index (χ3n) is 7.22. The van der Waals surface area contributed by atoms with Gasteiger partial charge in [-0.15, -0.1) is 0 Å². The molecule has 5 heterocycles. The Morgan fingerprint density at radius 2 is 1.92 bits per heavy atom. The van der Waals surface area contributed by atoms with Crippen LogP contribution >= 0.6 is 11.6 Å². The summed E-state index contributed by atoms with van der Waals surface area (Å²) in [6.07, 6.45) is 5.42. The zero-order valence-corrected chi connectivity index (χ0v) is 21.5. The molecule has 1 aromatic carbocycles. The first-order valence-electron chi connectivity index (χ1n) is 12.5. The molecule has 38 heavy (non-hydrogen) atoms. The second-order valence-electron chi connectivity index (χ2n) is 9.57.